The first-order valence-electron chi connectivity index (χ1n) is 5.56. The highest BCUT2D eigenvalue weighted by Crippen LogP contribution is 2.25. The van der Waals surface area contributed by atoms with Crippen molar-refractivity contribution >= 4 is 17.7 Å². The second-order valence-corrected chi connectivity index (χ2v) is 5.05. The lowest BCUT2D eigenvalue weighted by Crippen LogP contribution is -2.19. The Bertz CT molecular complexity index is 302. The third-order valence-electron chi connectivity index (χ3n) is 2.02. The largest absolute Gasteiger partial charge is 0.463 e. The van der Waals surface area contributed by atoms with Gasteiger partial charge in [0.05, 0.1) is 17.7 Å². The molecule has 0 heterocycles. The van der Waals surface area contributed by atoms with Gasteiger partial charge in [-0.2, -0.15) is 18.4 Å². The van der Waals surface area contributed by atoms with Gasteiger partial charge in [-0.3, -0.25) is 4.79 Å². The van der Waals surface area contributed by atoms with E-state index in [9.17, 15) is 18.0 Å². The van der Waals surface area contributed by atoms with Crippen LogP contribution in [0.2, 0.25) is 0 Å². The Morgan fingerprint density at radius 2 is 2.11 bits per heavy atom. The van der Waals surface area contributed by atoms with Gasteiger partial charge in [-0.05, 0) is 6.92 Å². The minimum Gasteiger partial charge on any atom is -0.463 e. The van der Waals surface area contributed by atoms with Crippen LogP contribution in [-0.2, 0) is 9.53 Å². The molecule has 0 N–H and O–H groups in total. The number of thioether (sulfide) groups is 1. The molecule has 0 amide bonds. The van der Waals surface area contributed by atoms with Gasteiger partial charge in [0.15, 0.2) is 0 Å². The van der Waals surface area contributed by atoms with Gasteiger partial charge in [-0.25, -0.2) is 0 Å². The fraction of sp³-hybridized carbons (Fsp3) is 0.818. The van der Waals surface area contributed by atoms with E-state index in [1.54, 1.807) is 13.8 Å². The molecule has 0 aliphatic rings. The predicted molar refractivity (Wildman–Crippen MR) is 63.0 cm³/mol. The fourth-order valence-corrected chi connectivity index (χ4v) is 2.25. The van der Waals surface area contributed by atoms with Crippen molar-refractivity contribution in [3.63, 3.8) is 0 Å². The Balaban J connectivity index is 3.97. The van der Waals surface area contributed by atoms with Gasteiger partial charge in [-0.15, -0.1) is 11.8 Å². The summed E-state index contributed by atoms with van der Waals surface area (Å²) in [6.07, 6.45) is -5.10. The number of ether oxygens (including phenoxy) is 1. The topological polar surface area (TPSA) is 50.1 Å². The molecule has 104 valence electrons. The number of nitrogens with zero attached hydrogens (tertiary/aromatic N) is 1. The van der Waals surface area contributed by atoms with Crippen LogP contribution in [0.5, 0.6) is 0 Å². The molecule has 18 heavy (non-hydrogen) atoms. The van der Waals surface area contributed by atoms with E-state index in [1.807, 2.05) is 6.07 Å². The van der Waals surface area contributed by atoms with Crippen LogP contribution in [-0.4, -0.2) is 29.3 Å². The van der Waals surface area contributed by atoms with Crippen LogP contribution in [0.25, 0.3) is 0 Å². The smallest absolute Gasteiger partial charge is 0.389 e. The predicted octanol–water partition coefficient (Wildman–Crippen LogP) is 3.30. The van der Waals surface area contributed by atoms with Crippen molar-refractivity contribution in [3.05, 3.63) is 0 Å². The molecule has 0 aliphatic carbocycles. The van der Waals surface area contributed by atoms with Crippen LogP contribution in [0.3, 0.4) is 0 Å². The SMILES string of the molecule is CCC(=O)OC(C)CC(C#N)SCCC(F)(F)F. The normalized spacial score (nSPS) is 14.7. The molecule has 0 rings (SSSR count). The first-order chi connectivity index (χ1) is 8.28. The highest BCUT2D eigenvalue weighted by molar-refractivity contribution is 8.00. The summed E-state index contributed by atoms with van der Waals surface area (Å²) in [5.41, 5.74) is 0. The van der Waals surface area contributed by atoms with E-state index >= 15 is 0 Å². The number of rotatable bonds is 7. The summed E-state index contributed by atoms with van der Waals surface area (Å²) < 4.78 is 40.7. The molecule has 0 bridgehead atoms. The standard InChI is InChI=1S/C11H16F3NO2S/c1-3-10(16)17-8(2)6-9(7-15)18-5-4-11(12,13)14/h8-9H,3-6H2,1-2H3. The van der Waals surface area contributed by atoms with Crippen LogP contribution < -0.4 is 0 Å². The molecular weight excluding hydrogens is 267 g/mol. The number of carbonyl (C=O) groups is 1. The molecule has 0 fully saturated rings. The molecule has 0 aromatic heterocycles. The van der Waals surface area contributed by atoms with Crippen LogP contribution >= 0.6 is 11.8 Å². The maximum absolute atomic E-state index is 11.9. The molecule has 0 aromatic carbocycles. The number of hydrogen-bond donors (Lipinski definition) is 0. The number of carbonyl (C=O) groups excluding carboxylic acids is 1. The van der Waals surface area contributed by atoms with Crippen molar-refractivity contribution in [1.29, 1.82) is 5.26 Å². The van der Waals surface area contributed by atoms with Crippen molar-refractivity contribution in [1.82, 2.24) is 0 Å². The fourth-order valence-electron chi connectivity index (χ4n) is 1.13. The van der Waals surface area contributed by atoms with E-state index in [1.165, 1.54) is 0 Å². The van der Waals surface area contributed by atoms with E-state index in [0.29, 0.717) is 0 Å². The Hall–Kier alpha value is -0.900. The molecule has 0 radical (unpaired) electrons. The molecule has 0 spiro atoms. The first kappa shape index (κ1) is 17.1. The third kappa shape index (κ3) is 9.16. The molecule has 0 saturated carbocycles. The maximum atomic E-state index is 11.9. The second kappa shape index (κ2) is 8.25. The van der Waals surface area contributed by atoms with E-state index < -0.39 is 24.0 Å². The van der Waals surface area contributed by atoms with Crippen LogP contribution in [0.4, 0.5) is 13.2 Å². The van der Waals surface area contributed by atoms with Crippen molar-refractivity contribution < 1.29 is 22.7 Å². The molecule has 0 aromatic rings. The van der Waals surface area contributed by atoms with Crippen molar-refractivity contribution in [2.75, 3.05) is 5.75 Å². The monoisotopic (exact) mass is 283 g/mol. The molecule has 2 unspecified atom stereocenters. The van der Waals surface area contributed by atoms with E-state index in [4.69, 9.17) is 10.00 Å². The molecule has 2 atom stereocenters. The quantitative estimate of drug-likeness (QED) is 0.673. The summed E-state index contributed by atoms with van der Waals surface area (Å²) >= 11 is 0.939. The Morgan fingerprint density at radius 1 is 1.50 bits per heavy atom. The molecule has 0 saturated heterocycles. The summed E-state index contributed by atoms with van der Waals surface area (Å²) in [6.45, 7) is 3.27. The van der Waals surface area contributed by atoms with Gasteiger partial charge in [0, 0.05) is 18.6 Å². The molecule has 7 heteroatoms. The summed E-state index contributed by atoms with van der Waals surface area (Å²) in [5.74, 6) is -0.532. The molecule has 0 aliphatic heterocycles. The van der Waals surface area contributed by atoms with Gasteiger partial charge in [0.2, 0.25) is 0 Å². The number of halogens is 3. The van der Waals surface area contributed by atoms with Gasteiger partial charge < -0.3 is 4.74 Å². The summed E-state index contributed by atoms with van der Waals surface area (Å²) in [5, 5.41) is 8.21. The van der Waals surface area contributed by atoms with Crippen LogP contribution in [0.15, 0.2) is 0 Å². The van der Waals surface area contributed by atoms with Gasteiger partial charge >= 0.3 is 12.1 Å². The lowest BCUT2D eigenvalue weighted by molar-refractivity contribution is -0.147. The van der Waals surface area contributed by atoms with E-state index in [0.717, 1.165) is 11.8 Å². The zero-order chi connectivity index (χ0) is 14.2. The number of esters is 1. The van der Waals surface area contributed by atoms with Crippen molar-refractivity contribution in [2.24, 2.45) is 0 Å². The lowest BCUT2D eigenvalue weighted by Gasteiger charge is -2.16. The number of alkyl halides is 3. The maximum Gasteiger partial charge on any atom is 0.389 e. The van der Waals surface area contributed by atoms with Crippen molar-refractivity contribution in [3.8, 4) is 6.07 Å². The zero-order valence-electron chi connectivity index (χ0n) is 10.3. The highest BCUT2D eigenvalue weighted by atomic mass is 32.2. The Labute approximate surface area is 109 Å². The van der Waals surface area contributed by atoms with Gasteiger partial charge in [-0.1, -0.05) is 6.92 Å². The van der Waals surface area contributed by atoms with Crippen LogP contribution in [0, 0.1) is 11.3 Å². The second-order valence-electron chi connectivity index (χ2n) is 3.74. The van der Waals surface area contributed by atoms with Crippen LogP contribution in [0.1, 0.15) is 33.1 Å². The lowest BCUT2D eigenvalue weighted by atomic mass is 10.2. The Kier molecular flexibility index (Phi) is 7.83. The zero-order valence-corrected chi connectivity index (χ0v) is 11.1. The first-order valence-corrected chi connectivity index (χ1v) is 6.60. The molecular formula is C11H16F3NO2S. The van der Waals surface area contributed by atoms with E-state index in [-0.39, 0.29) is 24.6 Å². The number of hydrogen-bond acceptors (Lipinski definition) is 4. The summed E-state index contributed by atoms with van der Waals surface area (Å²) in [4.78, 5) is 11.0. The Morgan fingerprint density at radius 3 is 2.56 bits per heavy atom. The minimum absolute atomic E-state index is 0.157. The highest BCUT2D eigenvalue weighted by Gasteiger charge is 2.27. The van der Waals surface area contributed by atoms with E-state index in [2.05, 4.69) is 0 Å². The van der Waals surface area contributed by atoms with Crippen molar-refractivity contribution in [2.45, 2.75) is 50.6 Å². The van der Waals surface area contributed by atoms with Gasteiger partial charge in [0.1, 0.15) is 6.10 Å². The van der Waals surface area contributed by atoms with Gasteiger partial charge in [0.25, 0.3) is 0 Å². The molecule has 3 nitrogen and oxygen atoms in total. The summed E-state index contributed by atoms with van der Waals surface area (Å²) in [6, 6.07) is 1.91. The number of nitriles is 1. The average molecular weight is 283 g/mol. The average Bonchev–Trinajstić information content (AvgIpc) is 2.25. The third-order valence-corrected chi connectivity index (χ3v) is 3.16. The summed E-state index contributed by atoms with van der Waals surface area (Å²) in [7, 11) is 0. The minimum atomic E-state index is -4.20.